The Balaban J connectivity index is 1.46. The summed E-state index contributed by atoms with van der Waals surface area (Å²) in [5.41, 5.74) is 2.20. The molecule has 0 saturated carbocycles. The van der Waals surface area contributed by atoms with Gasteiger partial charge >= 0.3 is 0 Å². The highest BCUT2D eigenvalue weighted by Crippen LogP contribution is 2.31. The Kier molecular flexibility index (Phi) is 6.79. The molecule has 0 aliphatic rings. The molecule has 0 unspecified atom stereocenters. The van der Waals surface area contributed by atoms with Gasteiger partial charge in [-0.3, -0.25) is 9.59 Å². The summed E-state index contributed by atoms with van der Waals surface area (Å²) in [6, 6.07) is 14.0. The minimum Gasteiger partial charge on any atom is -0.494 e. The van der Waals surface area contributed by atoms with Crippen molar-refractivity contribution in [3.63, 3.8) is 0 Å². The maximum Gasteiger partial charge on any atom is 0.257 e. The summed E-state index contributed by atoms with van der Waals surface area (Å²) in [7, 11) is 1.47. The van der Waals surface area contributed by atoms with E-state index in [0.29, 0.717) is 39.8 Å². The highest BCUT2D eigenvalue weighted by molar-refractivity contribution is 6.31. The summed E-state index contributed by atoms with van der Waals surface area (Å²) >= 11 is 5.89. The Bertz CT molecular complexity index is 1370. The zero-order valence-electron chi connectivity index (χ0n) is 18.3. The fraction of sp³-hybridized carbons (Fsp3) is 0.160. The summed E-state index contributed by atoms with van der Waals surface area (Å²) < 4.78 is 24.0. The second kappa shape index (κ2) is 9.93. The first-order chi connectivity index (χ1) is 16.4. The number of carbonyl (C=O) groups is 2. The molecule has 7 nitrogen and oxygen atoms in total. The first-order valence-corrected chi connectivity index (χ1v) is 10.7. The van der Waals surface area contributed by atoms with Crippen LogP contribution in [0.25, 0.3) is 22.7 Å². The largest absolute Gasteiger partial charge is 0.494 e. The van der Waals surface area contributed by atoms with Gasteiger partial charge in [-0.2, -0.15) is 4.98 Å². The number of carbonyl (C=O) groups excluding carboxylic acids is 2. The lowest BCUT2D eigenvalue weighted by Gasteiger charge is -2.10. The van der Waals surface area contributed by atoms with Crippen molar-refractivity contribution in [3.8, 4) is 28.5 Å². The van der Waals surface area contributed by atoms with Crippen molar-refractivity contribution < 1.29 is 23.2 Å². The van der Waals surface area contributed by atoms with Crippen molar-refractivity contribution in [3.05, 3.63) is 82.5 Å². The molecule has 0 saturated heterocycles. The minimum absolute atomic E-state index is 0.0171. The molecule has 0 spiro atoms. The van der Waals surface area contributed by atoms with Crippen molar-refractivity contribution >= 4 is 23.2 Å². The molecule has 0 bridgehead atoms. The van der Waals surface area contributed by atoms with Crippen LogP contribution in [0, 0.1) is 12.7 Å². The van der Waals surface area contributed by atoms with E-state index in [1.54, 1.807) is 37.3 Å². The van der Waals surface area contributed by atoms with Crippen LogP contribution in [0.3, 0.4) is 0 Å². The molecule has 0 atom stereocenters. The van der Waals surface area contributed by atoms with Gasteiger partial charge in [0, 0.05) is 29.5 Å². The average molecular weight is 480 g/mol. The van der Waals surface area contributed by atoms with Crippen LogP contribution in [0.1, 0.15) is 39.5 Å². The molecular formula is C25H19ClFN3O4. The van der Waals surface area contributed by atoms with Crippen LogP contribution in [-0.2, 0) is 0 Å². The molecule has 0 radical (unpaired) electrons. The van der Waals surface area contributed by atoms with Gasteiger partial charge < -0.3 is 9.26 Å². The number of ketones is 2. The van der Waals surface area contributed by atoms with Crippen LogP contribution in [0.15, 0.2) is 59.1 Å². The van der Waals surface area contributed by atoms with E-state index in [4.69, 9.17) is 20.9 Å². The third-order valence-electron chi connectivity index (χ3n) is 5.12. The van der Waals surface area contributed by atoms with Crippen LogP contribution in [-0.4, -0.2) is 33.8 Å². The highest BCUT2D eigenvalue weighted by atomic mass is 35.5. The van der Waals surface area contributed by atoms with Gasteiger partial charge in [0.2, 0.25) is 0 Å². The fourth-order valence-electron chi connectivity index (χ4n) is 3.33. The Morgan fingerprint density at radius 1 is 0.971 bits per heavy atom. The monoisotopic (exact) mass is 479 g/mol. The third-order valence-corrected chi connectivity index (χ3v) is 5.41. The number of methoxy groups -OCH3 is 1. The molecule has 0 aliphatic heterocycles. The van der Waals surface area contributed by atoms with Gasteiger partial charge in [-0.05, 0) is 49.4 Å². The van der Waals surface area contributed by atoms with E-state index >= 15 is 0 Å². The van der Waals surface area contributed by atoms with Gasteiger partial charge in [0.15, 0.2) is 17.4 Å². The van der Waals surface area contributed by atoms with E-state index in [2.05, 4.69) is 15.1 Å². The number of halogens is 2. The van der Waals surface area contributed by atoms with Crippen LogP contribution < -0.4 is 4.74 Å². The van der Waals surface area contributed by atoms with E-state index in [9.17, 15) is 14.0 Å². The molecule has 4 rings (SSSR count). The molecule has 0 amide bonds. The Morgan fingerprint density at radius 3 is 2.32 bits per heavy atom. The minimum atomic E-state index is -0.560. The summed E-state index contributed by atoms with van der Waals surface area (Å²) in [6.45, 7) is 1.72. The number of aryl methyl sites for hydroxylation is 1. The molecule has 0 aliphatic carbocycles. The molecule has 172 valence electrons. The summed E-state index contributed by atoms with van der Waals surface area (Å²) in [5, 5.41) is 3.68. The molecular weight excluding hydrogens is 461 g/mol. The molecule has 34 heavy (non-hydrogen) atoms. The second-order valence-electron chi connectivity index (χ2n) is 7.45. The van der Waals surface area contributed by atoms with Crippen molar-refractivity contribution in [2.24, 2.45) is 0 Å². The van der Waals surface area contributed by atoms with Crippen LogP contribution in [0.5, 0.6) is 5.75 Å². The SMILES string of the molecule is COc1ccc(C(=O)CCC(=O)c2ccc(-c3nc(C)no3)cc2)nc1-c1ccc(F)c(Cl)c1. The number of rotatable bonds is 8. The smallest absolute Gasteiger partial charge is 0.257 e. The predicted molar refractivity (Wildman–Crippen MR) is 124 cm³/mol. The second-order valence-corrected chi connectivity index (χ2v) is 7.85. The zero-order valence-corrected chi connectivity index (χ0v) is 19.1. The van der Waals surface area contributed by atoms with Crippen molar-refractivity contribution in [1.82, 2.24) is 15.1 Å². The first-order valence-electron chi connectivity index (χ1n) is 10.3. The van der Waals surface area contributed by atoms with E-state index in [0.717, 1.165) is 0 Å². The number of benzene rings is 2. The highest BCUT2D eigenvalue weighted by Gasteiger charge is 2.17. The van der Waals surface area contributed by atoms with Crippen LogP contribution in [0.2, 0.25) is 5.02 Å². The van der Waals surface area contributed by atoms with Gasteiger partial charge in [0.1, 0.15) is 23.0 Å². The maximum atomic E-state index is 13.5. The molecule has 9 heteroatoms. The molecule has 2 aromatic carbocycles. The standard InChI is InChI=1S/C25H19ClFN3O4/c1-14-28-25(34-30-14)16-5-3-15(4-6-16)21(31)10-11-22(32)20-9-12-23(33-2)24(29-20)17-7-8-19(27)18(26)13-17/h3-9,12-13H,10-11H2,1-2H3. The molecule has 4 aromatic rings. The quantitative estimate of drug-likeness (QED) is 0.297. The van der Waals surface area contributed by atoms with Gasteiger partial charge in [-0.15, -0.1) is 0 Å². The van der Waals surface area contributed by atoms with E-state index in [1.807, 2.05) is 0 Å². The maximum absolute atomic E-state index is 13.5. The summed E-state index contributed by atoms with van der Waals surface area (Å²) in [4.78, 5) is 33.9. The number of pyridine rings is 1. The lowest BCUT2D eigenvalue weighted by Crippen LogP contribution is -2.08. The van der Waals surface area contributed by atoms with Crippen LogP contribution in [0.4, 0.5) is 4.39 Å². The van der Waals surface area contributed by atoms with Crippen molar-refractivity contribution in [2.45, 2.75) is 19.8 Å². The number of hydrogen-bond acceptors (Lipinski definition) is 7. The van der Waals surface area contributed by atoms with Crippen LogP contribution >= 0.6 is 11.6 Å². The normalized spacial score (nSPS) is 10.8. The van der Waals surface area contributed by atoms with Gasteiger partial charge in [-0.25, -0.2) is 9.37 Å². The molecule has 0 fully saturated rings. The van der Waals surface area contributed by atoms with E-state index in [-0.39, 0.29) is 35.1 Å². The zero-order chi connectivity index (χ0) is 24.2. The number of hydrogen-bond donors (Lipinski definition) is 0. The molecule has 2 aromatic heterocycles. The van der Waals surface area contributed by atoms with Gasteiger partial charge in [-0.1, -0.05) is 28.9 Å². The topological polar surface area (TPSA) is 95.2 Å². The number of ether oxygens (including phenoxy) is 1. The first kappa shape index (κ1) is 23.3. The van der Waals surface area contributed by atoms with E-state index < -0.39 is 5.82 Å². The van der Waals surface area contributed by atoms with Gasteiger partial charge in [0.25, 0.3) is 5.89 Å². The predicted octanol–water partition coefficient (Wildman–Crippen LogP) is 5.75. The number of aromatic nitrogens is 3. The lowest BCUT2D eigenvalue weighted by molar-refractivity contribution is 0.0915. The Labute approximate surface area is 199 Å². The Morgan fingerprint density at radius 2 is 1.68 bits per heavy atom. The van der Waals surface area contributed by atoms with E-state index in [1.165, 1.54) is 31.4 Å². The number of nitrogens with zero attached hydrogens (tertiary/aromatic N) is 3. The average Bonchev–Trinajstić information content (AvgIpc) is 3.30. The molecule has 2 heterocycles. The van der Waals surface area contributed by atoms with Crippen molar-refractivity contribution in [2.75, 3.05) is 7.11 Å². The fourth-order valence-corrected chi connectivity index (χ4v) is 3.51. The number of Topliss-reactive ketones (excluding diaryl/α,β-unsaturated/α-hetero) is 2. The molecule has 0 N–H and O–H groups in total. The Hall–Kier alpha value is -3.91. The summed E-state index contributed by atoms with van der Waals surface area (Å²) in [5.74, 6) is 0.258. The van der Waals surface area contributed by atoms with Crippen molar-refractivity contribution in [1.29, 1.82) is 0 Å². The third kappa shape index (κ3) is 5.02. The van der Waals surface area contributed by atoms with Gasteiger partial charge in [0.05, 0.1) is 12.1 Å². The lowest BCUT2D eigenvalue weighted by atomic mass is 10.0. The summed E-state index contributed by atoms with van der Waals surface area (Å²) in [6.07, 6.45) is -0.00432.